The van der Waals surface area contributed by atoms with E-state index in [1.165, 1.54) is 0 Å². The Morgan fingerprint density at radius 3 is 0.613 bits per heavy atom. The first-order valence-corrected chi connectivity index (χ1v) is 6.41. The SMILES string of the molecule is O=C([O-])CC(=O)C(F)(F)F.O=C([O-])CC(=O)C(F)(F)F.O=C([O-])CC(=O)C(F)(F)F.[Ce+3]. The largest absolute Gasteiger partial charge is 3.00 e. The third-order valence-corrected chi connectivity index (χ3v) is 1.86. The molecule has 0 aromatic carbocycles. The van der Waals surface area contributed by atoms with Crippen LogP contribution in [0.4, 0.5) is 39.5 Å². The van der Waals surface area contributed by atoms with Gasteiger partial charge in [-0.15, -0.1) is 0 Å². The van der Waals surface area contributed by atoms with E-state index in [0.29, 0.717) is 0 Å². The molecule has 0 N–H and O–H groups in total. The molecule has 0 atom stereocenters. The van der Waals surface area contributed by atoms with Crippen molar-refractivity contribution in [3.8, 4) is 0 Å². The van der Waals surface area contributed by atoms with Crippen molar-refractivity contribution in [2.24, 2.45) is 0 Å². The minimum atomic E-state index is -5.07. The summed E-state index contributed by atoms with van der Waals surface area (Å²) in [7, 11) is 0. The molecule has 0 rings (SSSR count). The van der Waals surface area contributed by atoms with Crippen molar-refractivity contribution in [1.29, 1.82) is 0 Å². The molecule has 175 valence electrons. The molecule has 31 heavy (non-hydrogen) atoms. The number of carboxylic acids is 3. The van der Waals surface area contributed by atoms with Crippen molar-refractivity contribution in [3.05, 3.63) is 0 Å². The number of rotatable bonds is 6. The molecule has 0 aliphatic rings. The van der Waals surface area contributed by atoms with Crippen LogP contribution in [0.15, 0.2) is 0 Å². The normalized spacial score (nSPS) is 10.7. The summed E-state index contributed by atoms with van der Waals surface area (Å²) in [4.78, 5) is 57.5. The monoisotopic (exact) mass is 605 g/mol. The summed E-state index contributed by atoms with van der Waals surface area (Å²) < 4.78 is 101. The zero-order chi connectivity index (χ0) is 25.1. The second kappa shape index (κ2) is 15.0. The van der Waals surface area contributed by atoms with E-state index < -0.39 is 73.0 Å². The number of alkyl halides is 9. The van der Waals surface area contributed by atoms with E-state index in [9.17, 15) is 83.6 Å². The second-order valence-corrected chi connectivity index (χ2v) is 4.41. The van der Waals surface area contributed by atoms with Gasteiger partial charge >= 0.3 is 60.3 Å². The van der Waals surface area contributed by atoms with Crippen molar-refractivity contribution in [3.63, 3.8) is 0 Å². The van der Waals surface area contributed by atoms with Gasteiger partial charge in [-0.05, 0) is 0 Å². The van der Waals surface area contributed by atoms with Crippen LogP contribution in [-0.4, -0.2) is 53.8 Å². The molecule has 9 nitrogen and oxygen atoms in total. The quantitative estimate of drug-likeness (QED) is 0.240. The minimum absolute atomic E-state index is 0. The van der Waals surface area contributed by atoms with Gasteiger partial charge in [0.25, 0.3) is 0 Å². The van der Waals surface area contributed by atoms with Gasteiger partial charge < -0.3 is 29.7 Å². The van der Waals surface area contributed by atoms with Gasteiger partial charge in [0.2, 0.25) is 17.3 Å². The zero-order valence-electron chi connectivity index (χ0n) is 14.2. The number of Topliss-reactive ketones (excluding diaryl/α,β-unsaturated/α-hetero) is 3. The first-order valence-electron chi connectivity index (χ1n) is 6.41. The summed E-state index contributed by atoms with van der Waals surface area (Å²) in [5.41, 5.74) is 0. The molecular weight excluding hydrogens is 599 g/mol. The molecule has 0 bridgehead atoms. The number of ketones is 3. The van der Waals surface area contributed by atoms with E-state index in [1.54, 1.807) is 0 Å². The van der Waals surface area contributed by atoms with Crippen LogP contribution in [0, 0.1) is 41.7 Å². The van der Waals surface area contributed by atoms with Crippen LogP contribution in [0.5, 0.6) is 0 Å². The van der Waals surface area contributed by atoms with E-state index in [2.05, 4.69) is 0 Å². The molecule has 0 fully saturated rings. The number of hydrogen-bond acceptors (Lipinski definition) is 9. The summed E-state index contributed by atoms with van der Waals surface area (Å²) in [6.45, 7) is 0. The van der Waals surface area contributed by atoms with Crippen molar-refractivity contribution in [1.82, 2.24) is 0 Å². The predicted octanol–water partition coefficient (Wildman–Crippen LogP) is -2.23. The van der Waals surface area contributed by atoms with Gasteiger partial charge in [-0.3, -0.25) is 14.4 Å². The summed E-state index contributed by atoms with van der Waals surface area (Å²) >= 11 is 0. The standard InChI is InChI=1S/3C4H3F3O3.Ce/c3*5-4(6,7)2(8)1-3(9)10;/h3*1H2,(H,9,10);/q;;;+3/p-3. The summed E-state index contributed by atoms with van der Waals surface area (Å²) in [6, 6.07) is 0. The van der Waals surface area contributed by atoms with Gasteiger partial charge in [-0.2, -0.15) is 39.5 Å². The van der Waals surface area contributed by atoms with Gasteiger partial charge in [0.15, 0.2) is 0 Å². The van der Waals surface area contributed by atoms with Crippen LogP contribution in [0.1, 0.15) is 19.3 Å². The third-order valence-electron chi connectivity index (χ3n) is 1.86. The molecule has 0 aliphatic heterocycles. The van der Waals surface area contributed by atoms with E-state index in [4.69, 9.17) is 0 Å². The smallest absolute Gasteiger partial charge is 0.550 e. The molecule has 19 heteroatoms. The van der Waals surface area contributed by atoms with E-state index in [-0.39, 0.29) is 41.7 Å². The molecule has 0 saturated carbocycles. The number of aliphatic carboxylic acids is 3. The molecule has 0 unspecified atom stereocenters. The van der Waals surface area contributed by atoms with Crippen LogP contribution < -0.4 is 15.3 Å². The zero-order valence-corrected chi connectivity index (χ0v) is 17.3. The fourth-order valence-corrected chi connectivity index (χ4v) is 0.694. The van der Waals surface area contributed by atoms with Crippen molar-refractivity contribution >= 4 is 35.3 Å². The molecule has 0 heterocycles. The van der Waals surface area contributed by atoms with Crippen LogP contribution in [0.25, 0.3) is 0 Å². The molecule has 0 amide bonds. The summed E-state index contributed by atoms with van der Waals surface area (Å²) in [5.74, 6) is -13.0. The number of hydrogen-bond donors (Lipinski definition) is 0. The Balaban J connectivity index is -0.000000174. The van der Waals surface area contributed by atoms with Crippen molar-refractivity contribution in [2.75, 3.05) is 0 Å². The van der Waals surface area contributed by atoms with Gasteiger partial charge in [0.1, 0.15) is 0 Å². The van der Waals surface area contributed by atoms with Gasteiger partial charge in [-0.1, -0.05) is 0 Å². The molecule has 1 radical (unpaired) electrons. The third kappa shape index (κ3) is 24.3. The Morgan fingerprint density at radius 2 is 0.581 bits per heavy atom. The molecule has 0 aromatic rings. The summed E-state index contributed by atoms with van der Waals surface area (Å²) in [6.07, 6.45) is -20.0. The van der Waals surface area contributed by atoms with Gasteiger partial charge in [0, 0.05) is 17.9 Å². The van der Waals surface area contributed by atoms with E-state index in [0.717, 1.165) is 0 Å². The van der Waals surface area contributed by atoms with Crippen molar-refractivity contribution < 1.29 is 125 Å². The Kier molecular flexibility index (Phi) is 17.7. The second-order valence-electron chi connectivity index (χ2n) is 4.41. The van der Waals surface area contributed by atoms with Gasteiger partial charge in [-0.25, -0.2) is 0 Å². The van der Waals surface area contributed by atoms with Crippen molar-refractivity contribution in [2.45, 2.75) is 37.8 Å². The van der Waals surface area contributed by atoms with Crippen LogP contribution in [0.2, 0.25) is 0 Å². The minimum Gasteiger partial charge on any atom is -0.550 e. The molecule has 0 spiro atoms. The average Bonchev–Trinajstić information content (AvgIpc) is 2.43. The Morgan fingerprint density at radius 1 is 0.452 bits per heavy atom. The maximum atomic E-state index is 11.2. The average molecular weight is 605 g/mol. The Labute approximate surface area is 197 Å². The Hall–Kier alpha value is -1.83. The maximum absolute atomic E-state index is 11.2. The summed E-state index contributed by atoms with van der Waals surface area (Å²) in [5, 5.41) is 28.3. The van der Waals surface area contributed by atoms with Crippen LogP contribution >= 0.6 is 0 Å². The molecule has 0 saturated heterocycles. The van der Waals surface area contributed by atoms with E-state index >= 15 is 0 Å². The molecule has 0 aromatic heterocycles. The maximum Gasteiger partial charge on any atom is 3.00 e. The van der Waals surface area contributed by atoms with Crippen LogP contribution in [0.3, 0.4) is 0 Å². The topological polar surface area (TPSA) is 172 Å². The van der Waals surface area contributed by atoms with Gasteiger partial charge in [0.05, 0.1) is 19.3 Å². The first-order chi connectivity index (χ1) is 13.0. The number of carbonyl (C=O) groups excluding carboxylic acids is 6. The molecular formula is C12H6CeF9O9. The van der Waals surface area contributed by atoms with Crippen LogP contribution in [-0.2, 0) is 28.8 Å². The fourth-order valence-electron chi connectivity index (χ4n) is 0.694. The van der Waals surface area contributed by atoms with E-state index in [1.807, 2.05) is 0 Å². The molecule has 0 aliphatic carbocycles. The Bertz CT molecular complexity index is 576. The predicted molar refractivity (Wildman–Crippen MR) is 62.1 cm³/mol. The number of carboxylic acid groups (broad SMARTS) is 3. The fraction of sp³-hybridized carbons (Fsp3) is 0.500. The number of carbonyl (C=O) groups is 6. The first kappa shape index (κ1) is 36.5. The number of halogens is 9.